The number of esters is 1. The molecule has 2 aromatic rings. The Morgan fingerprint density at radius 1 is 1.10 bits per heavy atom. The van der Waals surface area contributed by atoms with Crippen molar-refractivity contribution in [3.8, 4) is 0 Å². The Bertz CT molecular complexity index is 1030. The van der Waals surface area contributed by atoms with Crippen molar-refractivity contribution in [2.45, 2.75) is 18.7 Å². The van der Waals surface area contributed by atoms with E-state index in [0.717, 1.165) is 5.56 Å². The number of nitrogens with one attached hydrogen (secondary N) is 2. The van der Waals surface area contributed by atoms with E-state index in [9.17, 15) is 28.1 Å². The fraction of sp³-hybridized carbons (Fsp3) is 0.222. The predicted octanol–water partition coefficient (Wildman–Crippen LogP) is 1.67. The summed E-state index contributed by atoms with van der Waals surface area (Å²) in [7, 11) is -3.89. The fourth-order valence-corrected chi connectivity index (χ4v) is 3.20. The molecule has 0 aliphatic rings. The molecule has 0 aliphatic heterocycles. The summed E-state index contributed by atoms with van der Waals surface area (Å²) in [6.07, 6.45) is 0. The molecule has 29 heavy (non-hydrogen) atoms. The average Bonchev–Trinajstić information content (AvgIpc) is 2.66. The molecule has 0 saturated carbocycles. The van der Waals surface area contributed by atoms with E-state index in [2.05, 4.69) is 10.0 Å². The first kappa shape index (κ1) is 22.0. The van der Waals surface area contributed by atoms with Gasteiger partial charge >= 0.3 is 5.97 Å². The molecule has 0 radical (unpaired) electrons. The molecule has 2 N–H and O–H groups in total. The maximum atomic E-state index is 12.1. The minimum absolute atomic E-state index is 0.00499. The SMILES string of the molecule is Cc1ccc(S(=O)(=O)NCC(=O)OCC(=O)Nc2ccc(C)c([N+](=O)[O-])c2)cc1. The number of nitro benzene ring substituents is 1. The first-order valence-corrected chi connectivity index (χ1v) is 9.83. The van der Waals surface area contributed by atoms with Gasteiger partial charge in [0.1, 0.15) is 6.54 Å². The van der Waals surface area contributed by atoms with Crippen LogP contribution in [0.1, 0.15) is 11.1 Å². The highest BCUT2D eigenvalue weighted by molar-refractivity contribution is 7.89. The van der Waals surface area contributed by atoms with Gasteiger partial charge < -0.3 is 10.1 Å². The summed E-state index contributed by atoms with van der Waals surface area (Å²) in [4.78, 5) is 33.9. The molecule has 2 rings (SSSR count). The van der Waals surface area contributed by atoms with Gasteiger partial charge in [-0.2, -0.15) is 4.72 Å². The van der Waals surface area contributed by atoms with E-state index in [4.69, 9.17) is 4.74 Å². The van der Waals surface area contributed by atoms with Crippen LogP contribution in [0.3, 0.4) is 0 Å². The zero-order valence-corrected chi connectivity index (χ0v) is 16.5. The van der Waals surface area contributed by atoms with Gasteiger partial charge in [-0.1, -0.05) is 23.8 Å². The standard InChI is InChI=1S/C18H19N3O7S/c1-12-3-7-15(8-4-12)29(26,27)19-10-18(23)28-11-17(22)20-14-6-5-13(2)16(9-14)21(24)25/h3-9,19H,10-11H2,1-2H3,(H,20,22). The van der Waals surface area contributed by atoms with Gasteiger partial charge in [-0.15, -0.1) is 0 Å². The smallest absolute Gasteiger partial charge is 0.321 e. The van der Waals surface area contributed by atoms with Crippen molar-refractivity contribution in [3.05, 3.63) is 63.7 Å². The van der Waals surface area contributed by atoms with Gasteiger partial charge in [-0.3, -0.25) is 19.7 Å². The number of nitro groups is 1. The van der Waals surface area contributed by atoms with Gasteiger partial charge in [0.25, 0.3) is 11.6 Å². The zero-order chi connectivity index (χ0) is 21.6. The molecule has 0 aromatic heterocycles. The van der Waals surface area contributed by atoms with Gasteiger partial charge in [0, 0.05) is 17.3 Å². The molecule has 0 fully saturated rings. The number of nitrogens with zero attached hydrogens (tertiary/aromatic N) is 1. The summed E-state index contributed by atoms with van der Waals surface area (Å²) in [5.74, 6) is -1.68. The van der Waals surface area contributed by atoms with Crippen molar-refractivity contribution in [3.63, 3.8) is 0 Å². The van der Waals surface area contributed by atoms with Crippen molar-refractivity contribution in [2.75, 3.05) is 18.5 Å². The van der Waals surface area contributed by atoms with E-state index in [1.807, 2.05) is 0 Å². The van der Waals surface area contributed by atoms with Gasteiger partial charge in [-0.25, -0.2) is 8.42 Å². The molecule has 0 spiro atoms. The summed E-state index contributed by atoms with van der Waals surface area (Å²) in [6, 6.07) is 10.2. The topological polar surface area (TPSA) is 145 Å². The second-order valence-corrected chi connectivity index (χ2v) is 7.87. The highest BCUT2D eigenvalue weighted by atomic mass is 32.2. The van der Waals surface area contributed by atoms with Gasteiger partial charge in [0.15, 0.2) is 6.61 Å². The maximum Gasteiger partial charge on any atom is 0.321 e. The third-order valence-electron chi connectivity index (χ3n) is 3.79. The van der Waals surface area contributed by atoms with Crippen LogP contribution in [0, 0.1) is 24.0 Å². The minimum atomic E-state index is -3.89. The molecule has 1 amide bonds. The summed E-state index contributed by atoms with van der Waals surface area (Å²) in [5.41, 5.74) is 1.32. The Hall–Kier alpha value is -3.31. The molecule has 10 nitrogen and oxygen atoms in total. The van der Waals surface area contributed by atoms with Crippen LogP contribution < -0.4 is 10.0 Å². The fourth-order valence-electron chi connectivity index (χ4n) is 2.23. The minimum Gasteiger partial charge on any atom is -0.455 e. The molecular formula is C18H19N3O7S. The van der Waals surface area contributed by atoms with Crippen molar-refractivity contribution >= 4 is 33.3 Å². The number of ether oxygens (including phenoxy) is 1. The number of sulfonamides is 1. The lowest BCUT2D eigenvalue weighted by molar-refractivity contribution is -0.385. The van der Waals surface area contributed by atoms with Crippen LogP contribution in [0.25, 0.3) is 0 Å². The largest absolute Gasteiger partial charge is 0.455 e. The van der Waals surface area contributed by atoms with Crippen molar-refractivity contribution in [1.82, 2.24) is 4.72 Å². The van der Waals surface area contributed by atoms with Gasteiger partial charge in [-0.05, 0) is 32.0 Å². The molecule has 0 bridgehead atoms. The number of hydrogen-bond acceptors (Lipinski definition) is 7. The van der Waals surface area contributed by atoms with Crippen LogP contribution >= 0.6 is 0 Å². The second kappa shape index (κ2) is 9.26. The molecule has 2 aromatic carbocycles. The lowest BCUT2D eigenvalue weighted by atomic mass is 10.2. The van der Waals surface area contributed by atoms with Crippen molar-refractivity contribution in [1.29, 1.82) is 0 Å². The first-order chi connectivity index (χ1) is 13.6. The average molecular weight is 421 g/mol. The van der Waals surface area contributed by atoms with Gasteiger partial charge in [0.05, 0.1) is 9.82 Å². The highest BCUT2D eigenvalue weighted by Gasteiger charge is 2.17. The molecule has 0 aliphatic carbocycles. The zero-order valence-electron chi connectivity index (χ0n) is 15.7. The molecule has 0 unspecified atom stereocenters. The Kier molecular flexibility index (Phi) is 7.02. The predicted molar refractivity (Wildman–Crippen MR) is 104 cm³/mol. The Morgan fingerprint density at radius 2 is 1.76 bits per heavy atom. The van der Waals surface area contributed by atoms with Crippen LogP contribution in [-0.2, 0) is 24.3 Å². The van der Waals surface area contributed by atoms with E-state index >= 15 is 0 Å². The van der Waals surface area contributed by atoms with E-state index in [1.54, 1.807) is 26.0 Å². The van der Waals surface area contributed by atoms with Crippen molar-refractivity contribution in [2.24, 2.45) is 0 Å². The van der Waals surface area contributed by atoms with E-state index in [1.165, 1.54) is 30.3 Å². The summed E-state index contributed by atoms with van der Waals surface area (Å²) < 4.78 is 31.0. The molecular weight excluding hydrogens is 402 g/mol. The number of rotatable bonds is 8. The molecule has 0 saturated heterocycles. The number of amides is 1. The maximum absolute atomic E-state index is 12.1. The monoisotopic (exact) mass is 421 g/mol. The van der Waals surface area contributed by atoms with Crippen LogP contribution in [0.15, 0.2) is 47.4 Å². The van der Waals surface area contributed by atoms with Crippen LogP contribution in [0.5, 0.6) is 0 Å². The van der Waals surface area contributed by atoms with Gasteiger partial charge in [0.2, 0.25) is 10.0 Å². The van der Waals surface area contributed by atoms with E-state index < -0.39 is 40.0 Å². The first-order valence-electron chi connectivity index (χ1n) is 8.35. The van der Waals surface area contributed by atoms with E-state index in [-0.39, 0.29) is 16.3 Å². The Morgan fingerprint density at radius 3 is 2.38 bits per heavy atom. The number of carbonyl (C=O) groups excluding carboxylic acids is 2. The highest BCUT2D eigenvalue weighted by Crippen LogP contribution is 2.22. The molecule has 154 valence electrons. The number of benzene rings is 2. The van der Waals surface area contributed by atoms with Crippen LogP contribution in [-0.4, -0.2) is 38.4 Å². The molecule has 0 atom stereocenters. The molecule has 0 heterocycles. The summed E-state index contributed by atoms with van der Waals surface area (Å²) >= 11 is 0. The summed E-state index contributed by atoms with van der Waals surface area (Å²) in [6.45, 7) is 2.04. The number of aryl methyl sites for hydroxylation is 2. The lowest BCUT2D eigenvalue weighted by Gasteiger charge is -2.09. The Labute approximate surface area is 167 Å². The normalized spacial score (nSPS) is 11.0. The second-order valence-electron chi connectivity index (χ2n) is 6.10. The number of carbonyl (C=O) groups is 2. The van der Waals surface area contributed by atoms with Crippen molar-refractivity contribution < 1.29 is 27.7 Å². The third kappa shape index (κ3) is 6.36. The van der Waals surface area contributed by atoms with Crippen LogP contribution in [0.2, 0.25) is 0 Å². The molecule has 11 heteroatoms. The quantitative estimate of drug-likeness (QED) is 0.375. The third-order valence-corrected chi connectivity index (χ3v) is 5.21. The summed E-state index contributed by atoms with van der Waals surface area (Å²) in [5, 5.41) is 13.3. The number of hydrogen-bond donors (Lipinski definition) is 2. The van der Waals surface area contributed by atoms with E-state index in [0.29, 0.717) is 5.56 Å². The van der Waals surface area contributed by atoms with Crippen LogP contribution in [0.4, 0.5) is 11.4 Å². The lowest BCUT2D eigenvalue weighted by Crippen LogP contribution is -2.32. The Balaban J connectivity index is 1.84. The number of anilines is 1.